The molecule has 0 aliphatic rings. The van der Waals surface area contributed by atoms with E-state index in [1.54, 1.807) is 0 Å². The zero-order chi connectivity index (χ0) is 15.2. The quantitative estimate of drug-likeness (QED) is 0.861. The average molecular weight is 314 g/mol. The number of aliphatic hydroxyl groups is 1. The molecule has 0 amide bonds. The lowest BCUT2D eigenvalue weighted by Gasteiger charge is -2.15. The molecule has 0 saturated carbocycles. The van der Waals surface area contributed by atoms with Crippen molar-refractivity contribution in [3.8, 4) is 0 Å². The summed E-state index contributed by atoms with van der Waals surface area (Å²) in [5, 5.41) is 12.7. The number of nitrogens with zero attached hydrogens (tertiary/aromatic N) is 2. The molecule has 112 valence electrons. The van der Waals surface area contributed by atoms with Crippen LogP contribution in [0.3, 0.4) is 0 Å². The number of halogens is 3. The van der Waals surface area contributed by atoms with Gasteiger partial charge in [-0.15, -0.1) is 0 Å². The fraction of sp³-hybridized carbons (Fsp3) is 0.286. The Morgan fingerprint density at radius 1 is 1.24 bits per heavy atom. The van der Waals surface area contributed by atoms with Crippen LogP contribution in [0.4, 0.5) is 14.7 Å². The van der Waals surface area contributed by atoms with Crippen molar-refractivity contribution in [1.29, 1.82) is 0 Å². The van der Waals surface area contributed by atoms with Crippen LogP contribution in [0, 0.1) is 17.6 Å². The van der Waals surface area contributed by atoms with E-state index in [0.29, 0.717) is 17.5 Å². The number of aliphatic hydroxyl groups excluding tert-OH is 1. The molecule has 0 fully saturated rings. The van der Waals surface area contributed by atoms with E-state index in [9.17, 15) is 13.9 Å². The summed E-state index contributed by atoms with van der Waals surface area (Å²) in [5.41, 5.74) is 0.230. The molecular weight excluding hydrogens is 300 g/mol. The third-order valence-electron chi connectivity index (χ3n) is 2.94. The largest absolute Gasteiger partial charge is 0.396 e. The van der Waals surface area contributed by atoms with Crippen LogP contribution in [0.5, 0.6) is 0 Å². The predicted octanol–water partition coefficient (Wildman–Crippen LogP) is 2.67. The van der Waals surface area contributed by atoms with E-state index >= 15 is 0 Å². The Labute approximate surface area is 125 Å². The van der Waals surface area contributed by atoms with Gasteiger partial charge in [-0.3, -0.25) is 0 Å². The number of anilines is 1. The standard InChI is InChI=1S/C14H14ClF2N3O/c15-11-6-19-14(20-7-11)18-5-9(8-21)3-10-4-12(16)1-2-13(10)17/h1-2,4,6-7,9,21H,3,5,8H2,(H,18,19,20)/t9-/m0/s1. The highest BCUT2D eigenvalue weighted by atomic mass is 35.5. The van der Waals surface area contributed by atoms with Crippen LogP contribution in [0.25, 0.3) is 0 Å². The Morgan fingerprint density at radius 2 is 1.95 bits per heavy atom. The van der Waals surface area contributed by atoms with Gasteiger partial charge in [-0.05, 0) is 30.2 Å². The van der Waals surface area contributed by atoms with Gasteiger partial charge in [0, 0.05) is 19.1 Å². The van der Waals surface area contributed by atoms with Gasteiger partial charge in [0.2, 0.25) is 5.95 Å². The van der Waals surface area contributed by atoms with Crippen LogP contribution in [-0.2, 0) is 6.42 Å². The molecule has 2 aromatic rings. The van der Waals surface area contributed by atoms with Crippen LogP contribution < -0.4 is 5.32 Å². The van der Waals surface area contributed by atoms with E-state index in [2.05, 4.69) is 15.3 Å². The summed E-state index contributed by atoms with van der Waals surface area (Å²) in [4.78, 5) is 7.91. The van der Waals surface area contributed by atoms with Crippen LogP contribution in [0.1, 0.15) is 5.56 Å². The molecule has 0 radical (unpaired) electrons. The van der Waals surface area contributed by atoms with Gasteiger partial charge in [0.15, 0.2) is 0 Å². The summed E-state index contributed by atoms with van der Waals surface area (Å²) in [6.07, 6.45) is 3.09. The highest BCUT2D eigenvalue weighted by Crippen LogP contribution is 2.15. The SMILES string of the molecule is OC[C@H](CNc1ncc(Cl)cn1)Cc1cc(F)ccc1F. The number of benzene rings is 1. The summed E-state index contributed by atoms with van der Waals surface area (Å²) < 4.78 is 26.7. The average Bonchev–Trinajstić information content (AvgIpc) is 2.48. The number of nitrogens with one attached hydrogen (secondary N) is 1. The Kier molecular flexibility index (Phi) is 5.41. The molecule has 0 saturated heterocycles. The number of hydrogen-bond acceptors (Lipinski definition) is 4. The van der Waals surface area contributed by atoms with Crippen molar-refractivity contribution in [2.75, 3.05) is 18.5 Å². The first kappa shape index (κ1) is 15.6. The zero-order valence-corrected chi connectivity index (χ0v) is 11.8. The van der Waals surface area contributed by atoms with Crippen molar-refractivity contribution in [1.82, 2.24) is 9.97 Å². The molecule has 21 heavy (non-hydrogen) atoms. The molecule has 0 spiro atoms. The molecule has 0 unspecified atom stereocenters. The van der Waals surface area contributed by atoms with Crippen LogP contribution >= 0.6 is 11.6 Å². The second kappa shape index (κ2) is 7.28. The van der Waals surface area contributed by atoms with Crippen molar-refractivity contribution in [2.45, 2.75) is 6.42 Å². The smallest absolute Gasteiger partial charge is 0.222 e. The van der Waals surface area contributed by atoms with E-state index in [1.807, 2.05) is 0 Å². The van der Waals surface area contributed by atoms with Crippen molar-refractivity contribution in [3.63, 3.8) is 0 Å². The molecule has 0 aliphatic heterocycles. The van der Waals surface area contributed by atoms with E-state index in [4.69, 9.17) is 11.6 Å². The summed E-state index contributed by atoms with van der Waals surface area (Å²) in [6, 6.07) is 3.28. The van der Waals surface area contributed by atoms with E-state index in [1.165, 1.54) is 12.4 Å². The van der Waals surface area contributed by atoms with Gasteiger partial charge in [0.1, 0.15) is 11.6 Å². The molecule has 0 aliphatic carbocycles. The lowest BCUT2D eigenvalue weighted by Crippen LogP contribution is -2.21. The molecule has 1 heterocycles. The van der Waals surface area contributed by atoms with Gasteiger partial charge in [0.05, 0.1) is 17.4 Å². The minimum Gasteiger partial charge on any atom is -0.396 e. The van der Waals surface area contributed by atoms with Crippen LogP contribution in [0.2, 0.25) is 5.02 Å². The van der Waals surface area contributed by atoms with Gasteiger partial charge in [-0.25, -0.2) is 18.7 Å². The Morgan fingerprint density at radius 3 is 2.62 bits per heavy atom. The summed E-state index contributed by atoms with van der Waals surface area (Å²) in [5.74, 6) is -0.923. The Balaban J connectivity index is 1.96. The minimum absolute atomic E-state index is 0.170. The topological polar surface area (TPSA) is 58.0 Å². The first-order valence-electron chi connectivity index (χ1n) is 6.34. The first-order valence-corrected chi connectivity index (χ1v) is 6.72. The normalized spacial score (nSPS) is 12.2. The molecule has 7 heteroatoms. The number of rotatable bonds is 6. The van der Waals surface area contributed by atoms with Gasteiger partial charge >= 0.3 is 0 Å². The number of aromatic nitrogens is 2. The summed E-state index contributed by atoms with van der Waals surface area (Å²) in [7, 11) is 0. The lowest BCUT2D eigenvalue weighted by molar-refractivity contribution is 0.231. The maximum atomic E-state index is 13.6. The van der Waals surface area contributed by atoms with Gasteiger partial charge in [-0.1, -0.05) is 11.6 Å². The van der Waals surface area contributed by atoms with Crippen LogP contribution in [0.15, 0.2) is 30.6 Å². The molecule has 1 aromatic heterocycles. The first-order chi connectivity index (χ1) is 10.1. The van der Waals surface area contributed by atoms with E-state index in [0.717, 1.165) is 18.2 Å². The third kappa shape index (κ3) is 4.61. The molecule has 2 rings (SSSR count). The van der Waals surface area contributed by atoms with Gasteiger partial charge in [0.25, 0.3) is 0 Å². The molecule has 1 aromatic carbocycles. The monoisotopic (exact) mass is 313 g/mol. The zero-order valence-electron chi connectivity index (χ0n) is 11.1. The second-order valence-electron chi connectivity index (χ2n) is 4.59. The van der Waals surface area contributed by atoms with Crippen molar-refractivity contribution in [3.05, 3.63) is 52.8 Å². The third-order valence-corrected chi connectivity index (χ3v) is 3.14. The van der Waals surface area contributed by atoms with E-state index < -0.39 is 11.6 Å². The summed E-state index contributed by atoms with van der Waals surface area (Å²) >= 11 is 5.67. The maximum Gasteiger partial charge on any atom is 0.222 e. The fourth-order valence-corrected chi connectivity index (χ4v) is 1.95. The van der Waals surface area contributed by atoms with Crippen molar-refractivity contribution < 1.29 is 13.9 Å². The predicted molar refractivity (Wildman–Crippen MR) is 76.2 cm³/mol. The molecular formula is C14H14ClF2N3O. The van der Waals surface area contributed by atoms with Gasteiger partial charge < -0.3 is 10.4 Å². The molecule has 0 bridgehead atoms. The highest BCUT2D eigenvalue weighted by Gasteiger charge is 2.13. The highest BCUT2D eigenvalue weighted by molar-refractivity contribution is 6.30. The Hall–Kier alpha value is -1.79. The van der Waals surface area contributed by atoms with Gasteiger partial charge in [-0.2, -0.15) is 0 Å². The Bertz CT molecular complexity index is 595. The minimum atomic E-state index is -0.503. The lowest BCUT2D eigenvalue weighted by atomic mass is 9.99. The molecule has 2 N–H and O–H groups in total. The number of hydrogen-bond donors (Lipinski definition) is 2. The molecule has 1 atom stereocenters. The van der Waals surface area contributed by atoms with Crippen molar-refractivity contribution >= 4 is 17.5 Å². The van der Waals surface area contributed by atoms with Crippen LogP contribution in [-0.4, -0.2) is 28.2 Å². The summed E-state index contributed by atoms with van der Waals surface area (Å²) in [6.45, 7) is 0.157. The second-order valence-corrected chi connectivity index (χ2v) is 5.03. The molecule has 4 nitrogen and oxygen atoms in total. The van der Waals surface area contributed by atoms with E-state index in [-0.39, 0.29) is 24.5 Å². The fourth-order valence-electron chi connectivity index (χ4n) is 1.85. The maximum absolute atomic E-state index is 13.6. The van der Waals surface area contributed by atoms with Crippen molar-refractivity contribution in [2.24, 2.45) is 5.92 Å².